The van der Waals surface area contributed by atoms with Gasteiger partial charge in [-0.15, -0.1) is 0 Å². The van der Waals surface area contributed by atoms with Crippen molar-refractivity contribution < 1.29 is 9.18 Å². The highest BCUT2D eigenvalue weighted by molar-refractivity contribution is 6.00. The third kappa shape index (κ3) is 2.84. The van der Waals surface area contributed by atoms with Crippen LogP contribution in [0.5, 0.6) is 0 Å². The quantitative estimate of drug-likeness (QED) is 0.885. The number of carbonyl (C=O) groups is 1. The molecule has 4 nitrogen and oxygen atoms in total. The number of amides is 1. The molecule has 1 aromatic carbocycles. The zero-order valence-corrected chi connectivity index (χ0v) is 10.8. The molecule has 1 aliphatic rings. The number of para-hydroxylation sites is 1. The molecule has 100 valence electrons. The summed E-state index contributed by atoms with van der Waals surface area (Å²) in [4.78, 5) is 14.2. The number of benzene rings is 1. The molecule has 0 aromatic heterocycles. The number of nitriles is 1. The molecule has 1 saturated carbocycles. The van der Waals surface area contributed by atoms with Gasteiger partial charge in [0.25, 0.3) is 5.91 Å². The number of nitrogens with one attached hydrogen (secondary N) is 1. The first kappa shape index (κ1) is 13.3. The molecule has 5 heteroatoms. The fourth-order valence-electron chi connectivity index (χ4n) is 2.12. The van der Waals surface area contributed by atoms with Crippen molar-refractivity contribution in [2.45, 2.75) is 25.3 Å². The number of carbonyl (C=O) groups excluding carboxylic acids is 1. The fraction of sp³-hybridized carbons (Fsp3) is 0.429. The number of anilines is 1. The van der Waals surface area contributed by atoms with Gasteiger partial charge in [-0.3, -0.25) is 4.79 Å². The van der Waals surface area contributed by atoms with E-state index in [0.717, 1.165) is 12.8 Å². The first-order valence-electron chi connectivity index (χ1n) is 6.33. The Morgan fingerprint density at radius 2 is 2.32 bits per heavy atom. The van der Waals surface area contributed by atoms with Gasteiger partial charge in [-0.1, -0.05) is 6.07 Å². The van der Waals surface area contributed by atoms with Gasteiger partial charge >= 0.3 is 0 Å². The van der Waals surface area contributed by atoms with Crippen molar-refractivity contribution in [3.8, 4) is 6.07 Å². The zero-order chi connectivity index (χ0) is 13.8. The second-order valence-electron chi connectivity index (χ2n) is 4.55. The fourth-order valence-corrected chi connectivity index (χ4v) is 2.12. The number of halogens is 1. The molecule has 0 bridgehead atoms. The third-order valence-corrected chi connectivity index (χ3v) is 3.21. The summed E-state index contributed by atoms with van der Waals surface area (Å²) in [6.07, 6.45) is 2.22. The Hall–Kier alpha value is -2.09. The first-order chi connectivity index (χ1) is 9.19. The van der Waals surface area contributed by atoms with E-state index in [1.54, 1.807) is 18.0 Å². The standard InChI is InChI=1S/C14H16FN3O/c1-17-13-11(4-2-5-12(13)15)14(19)18(9-3-8-16)10-6-7-10/h2,4-5,10,17H,3,6-7,9H2,1H3. The highest BCUT2D eigenvalue weighted by Gasteiger charge is 2.33. The van der Waals surface area contributed by atoms with Gasteiger partial charge in [0, 0.05) is 19.6 Å². The van der Waals surface area contributed by atoms with Gasteiger partial charge in [0.2, 0.25) is 0 Å². The predicted octanol–water partition coefficient (Wildman–Crippen LogP) is 2.39. The largest absolute Gasteiger partial charge is 0.385 e. The minimum absolute atomic E-state index is 0.203. The van der Waals surface area contributed by atoms with Crippen LogP contribution in [0.2, 0.25) is 0 Å². The molecule has 1 fully saturated rings. The molecule has 1 N–H and O–H groups in total. The summed E-state index contributed by atoms with van der Waals surface area (Å²) in [6.45, 7) is 0.402. The molecular formula is C14H16FN3O. The summed E-state index contributed by atoms with van der Waals surface area (Å²) in [5.41, 5.74) is 0.544. The number of hydrogen-bond acceptors (Lipinski definition) is 3. The summed E-state index contributed by atoms with van der Waals surface area (Å²) in [5.74, 6) is -0.647. The Bertz CT molecular complexity index is 520. The van der Waals surface area contributed by atoms with E-state index in [9.17, 15) is 9.18 Å². The van der Waals surface area contributed by atoms with Crippen LogP contribution in [0.25, 0.3) is 0 Å². The molecule has 1 amide bonds. The Kier molecular flexibility index (Phi) is 4.00. The summed E-state index contributed by atoms with van der Waals surface area (Å²) in [5, 5.41) is 11.4. The molecule has 0 radical (unpaired) electrons. The number of hydrogen-bond donors (Lipinski definition) is 1. The van der Waals surface area contributed by atoms with Gasteiger partial charge in [-0.05, 0) is 25.0 Å². The Morgan fingerprint density at radius 1 is 1.58 bits per heavy atom. The van der Waals surface area contributed by atoms with Crippen molar-refractivity contribution in [1.29, 1.82) is 5.26 Å². The van der Waals surface area contributed by atoms with Gasteiger partial charge in [0.15, 0.2) is 0 Å². The minimum Gasteiger partial charge on any atom is -0.385 e. The van der Waals surface area contributed by atoms with Crippen molar-refractivity contribution >= 4 is 11.6 Å². The van der Waals surface area contributed by atoms with E-state index in [-0.39, 0.29) is 17.6 Å². The molecule has 1 aromatic rings. The zero-order valence-electron chi connectivity index (χ0n) is 10.8. The van der Waals surface area contributed by atoms with Gasteiger partial charge in [0.05, 0.1) is 23.7 Å². The lowest BCUT2D eigenvalue weighted by Crippen LogP contribution is -2.34. The lowest BCUT2D eigenvalue weighted by Gasteiger charge is -2.22. The minimum atomic E-state index is -0.440. The Morgan fingerprint density at radius 3 is 2.89 bits per heavy atom. The monoisotopic (exact) mass is 261 g/mol. The molecular weight excluding hydrogens is 245 g/mol. The van der Waals surface area contributed by atoms with E-state index in [1.807, 2.05) is 6.07 Å². The molecule has 0 unspecified atom stereocenters. The summed E-state index contributed by atoms with van der Waals surface area (Å²) >= 11 is 0. The maximum absolute atomic E-state index is 13.7. The molecule has 2 rings (SSSR count). The highest BCUT2D eigenvalue weighted by Crippen LogP contribution is 2.30. The van der Waals surface area contributed by atoms with Crippen LogP contribution in [-0.2, 0) is 0 Å². The average molecular weight is 261 g/mol. The lowest BCUT2D eigenvalue weighted by atomic mass is 10.1. The van der Waals surface area contributed by atoms with E-state index in [4.69, 9.17) is 5.26 Å². The maximum Gasteiger partial charge on any atom is 0.256 e. The van der Waals surface area contributed by atoms with Crippen LogP contribution in [0.3, 0.4) is 0 Å². The second kappa shape index (κ2) is 5.70. The van der Waals surface area contributed by atoms with Crippen LogP contribution < -0.4 is 5.32 Å². The number of rotatable bonds is 5. The molecule has 0 aliphatic heterocycles. The predicted molar refractivity (Wildman–Crippen MR) is 70.2 cm³/mol. The second-order valence-corrected chi connectivity index (χ2v) is 4.55. The van der Waals surface area contributed by atoms with Crippen molar-refractivity contribution in [2.24, 2.45) is 0 Å². The van der Waals surface area contributed by atoms with Gasteiger partial charge in [-0.2, -0.15) is 5.26 Å². The van der Waals surface area contributed by atoms with Crippen LogP contribution in [0.15, 0.2) is 18.2 Å². The van der Waals surface area contributed by atoms with Crippen LogP contribution in [0.4, 0.5) is 10.1 Å². The van der Waals surface area contributed by atoms with E-state index in [1.165, 1.54) is 12.1 Å². The summed E-state index contributed by atoms with van der Waals surface area (Å²) < 4.78 is 13.7. The van der Waals surface area contributed by atoms with Crippen molar-refractivity contribution in [1.82, 2.24) is 4.90 Å². The van der Waals surface area contributed by atoms with Crippen LogP contribution in [0, 0.1) is 17.1 Å². The van der Waals surface area contributed by atoms with Crippen LogP contribution in [0.1, 0.15) is 29.6 Å². The highest BCUT2D eigenvalue weighted by atomic mass is 19.1. The Labute approximate surface area is 111 Å². The van der Waals surface area contributed by atoms with Gasteiger partial charge in [0.1, 0.15) is 5.82 Å². The van der Waals surface area contributed by atoms with E-state index >= 15 is 0 Å². The summed E-state index contributed by atoms with van der Waals surface area (Å²) in [6, 6.07) is 6.70. The van der Waals surface area contributed by atoms with Crippen molar-refractivity contribution in [3.63, 3.8) is 0 Å². The maximum atomic E-state index is 13.7. The summed E-state index contributed by atoms with van der Waals surface area (Å²) in [7, 11) is 1.59. The number of nitrogens with zero attached hydrogens (tertiary/aromatic N) is 2. The van der Waals surface area contributed by atoms with Crippen molar-refractivity contribution in [3.05, 3.63) is 29.6 Å². The molecule has 0 heterocycles. The molecule has 19 heavy (non-hydrogen) atoms. The normalized spacial score (nSPS) is 13.7. The van der Waals surface area contributed by atoms with Gasteiger partial charge < -0.3 is 10.2 Å². The topological polar surface area (TPSA) is 56.1 Å². The Balaban J connectivity index is 2.26. The first-order valence-corrected chi connectivity index (χ1v) is 6.33. The SMILES string of the molecule is CNc1c(F)cccc1C(=O)N(CCC#N)C1CC1. The molecule has 0 atom stereocenters. The molecule has 1 aliphatic carbocycles. The van der Waals surface area contributed by atoms with Crippen LogP contribution in [-0.4, -0.2) is 30.4 Å². The smallest absolute Gasteiger partial charge is 0.256 e. The van der Waals surface area contributed by atoms with E-state index < -0.39 is 5.82 Å². The molecule has 0 spiro atoms. The average Bonchev–Trinajstić information content (AvgIpc) is 3.23. The van der Waals surface area contributed by atoms with E-state index in [0.29, 0.717) is 18.5 Å². The third-order valence-electron chi connectivity index (χ3n) is 3.21. The lowest BCUT2D eigenvalue weighted by molar-refractivity contribution is 0.0747. The van der Waals surface area contributed by atoms with Gasteiger partial charge in [-0.25, -0.2) is 4.39 Å². The van der Waals surface area contributed by atoms with Crippen LogP contribution >= 0.6 is 0 Å². The van der Waals surface area contributed by atoms with E-state index in [2.05, 4.69) is 5.32 Å². The van der Waals surface area contributed by atoms with Crippen molar-refractivity contribution in [2.75, 3.05) is 18.9 Å². The molecule has 0 saturated heterocycles.